The first-order valence-corrected chi connectivity index (χ1v) is 5.94. The Kier molecular flexibility index (Phi) is 3.63. The molecule has 17 heavy (non-hydrogen) atoms. The third-order valence-corrected chi connectivity index (χ3v) is 3.35. The number of amides is 1. The van der Waals surface area contributed by atoms with Gasteiger partial charge in [-0.3, -0.25) is 4.79 Å². The molecule has 1 saturated heterocycles. The van der Waals surface area contributed by atoms with Crippen LogP contribution in [0.5, 0.6) is 0 Å². The largest absolute Gasteiger partial charge is 0.393 e. The van der Waals surface area contributed by atoms with E-state index in [0.29, 0.717) is 23.6 Å². The molecule has 0 spiro atoms. The van der Waals surface area contributed by atoms with Crippen LogP contribution in [0.15, 0.2) is 18.5 Å². The van der Waals surface area contributed by atoms with Crippen molar-refractivity contribution in [2.24, 2.45) is 11.7 Å². The highest BCUT2D eigenvalue weighted by Crippen LogP contribution is 2.18. The SMILES string of the molecule is NC(=S)C1CCN(C(=O)c2ccnnc2)CC1. The zero-order valence-corrected chi connectivity index (χ0v) is 10.2. The summed E-state index contributed by atoms with van der Waals surface area (Å²) in [7, 11) is 0. The van der Waals surface area contributed by atoms with Gasteiger partial charge in [-0.1, -0.05) is 12.2 Å². The maximum absolute atomic E-state index is 12.1. The van der Waals surface area contributed by atoms with Gasteiger partial charge in [-0.2, -0.15) is 10.2 Å². The zero-order chi connectivity index (χ0) is 12.3. The number of likely N-dealkylation sites (tertiary alicyclic amines) is 1. The van der Waals surface area contributed by atoms with Crippen molar-refractivity contribution in [2.75, 3.05) is 13.1 Å². The Balaban J connectivity index is 1.98. The number of rotatable bonds is 2. The molecular weight excluding hydrogens is 236 g/mol. The fourth-order valence-electron chi connectivity index (χ4n) is 1.97. The van der Waals surface area contributed by atoms with E-state index >= 15 is 0 Å². The van der Waals surface area contributed by atoms with Gasteiger partial charge < -0.3 is 10.6 Å². The molecule has 0 bridgehead atoms. The molecule has 0 aliphatic carbocycles. The Morgan fingerprint density at radius 1 is 1.41 bits per heavy atom. The van der Waals surface area contributed by atoms with Crippen LogP contribution in [0.4, 0.5) is 0 Å². The van der Waals surface area contributed by atoms with Crippen LogP contribution < -0.4 is 5.73 Å². The van der Waals surface area contributed by atoms with E-state index in [9.17, 15) is 4.79 Å². The van der Waals surface area contributed by atoms with Crippen molar-refractivity contribution in [2.45, 2.75) is 12.8 Å². The summed E-state index contributed by atoms with van der Waals surface area (Å²) in [5, 5.41) is 7.36. The molecule has 0 aromatic carbocycles. The average molecular weight is 250 g/mol. The molecular formula is C11H14N4OS. The van der Waals surface area contributed by atoms with Gasteiger partial charge in [0.15, 0.2) is 0 Å². The molecule has 1 aliphatic rings. The standard InChI is InChI=1S/C11H14N4OS/c12-10(17)8-2-5-15(6-3-8)11(16)9-1-4-13-14-7-9/h1,4,7-8H,2-3,5-6H2,(H2,12,17). The van der Waals surface area contributed by atoms with E-state index in [1.807, 2.05) is 4.90 Å². The second kappa shape index (κ2) is 5.18. The highest BCUT2D eigenvalue weighted by atomic mass is 32.1. The lowest BCUT2D eigenvalue weighted by molar-refractivity contribution is 0.0709. The molecule has 1 aliphatic heterocycles. The predicted octanol–water partition coefficient (Wildman–Crippen LogP) is 0.615. The van der Waals surface area contributed by atoms with E-state index < -0.39 is 0 Å². The van der Waals surface area contributed by atoms with Crippen molar-refractivity contribution in [1.29, 1.82) is 0 Å². The Labute approximate surface area is 105 Å². The molecule has 0 atom stereocenters. The smallest absolute Gasteiger partial charge is 0.255 e. The van der Waals surface area contributed by atoms with Gasteiger partial charge in [0, 0.05) is 19.0 Å². The summed E-state index contributed by atoms with van der Waals surface area (Å²) >= 11 is 4.97. The Bertz CT molecular complexity index is 415. The molecule has 1 amide bonds. The van der Waals surface area contributed by atoms with Crippen molar-refractivity contribution in [1.82, 2.24) is 15.1 Å². The lowest BCUT2D eigenvalue weighted by Crippen LogP contribution is -2.41. The van der Waals surface area contributed by atoms with E-state index in [1.165, 1.54) is 12.4 Å². The summed E-state index contributed by atoms with van der Waals surface area (Å²) in [5.41, 5.74) is 6.19. The third kappa shape index (κ3) is 2.76. The number of thiocarbonyl (C=S) groups is 1. The van der Waals surface area contributed by atoms with E-state index in [1.54, 1.807) is 6.07 Å². The highest BCUT2D eigenvalue weighted by molar-refractivity contribution is 7.80. The monoisotopic (exact) mass is 250 g/mol. The summed E-state index contributed by atoms with van der Waals surface area (Å²) in [5.74, 6) is 0.269. The van der Waals surface area contributed by atoms with E-state index in [-0.39, 0.29) is 11.8 Å². The number of carbonyl (C=O) groups excluding carboxylic acids is 1. The molecule has 1 aromatic heterocycles. The first-order valence-electron chi connectivity index (χ1n) is 5.54. The molecule has 0 radical (unpaired) electrons. The summed E-state index contributed by atoms with van der Waals surface area (Å²) < 4.78 is 0. The average Bonchev–Trinajstić information content (AvgIpc) is 2.39. The lowest BCUT2D eigenvalue weighted by Gasteiger charge is -2.31. The predicted molar refractivity (Wildman–Crippen MR) is 67.4 cm³/mol. The van der Waals surface area contributed by atoms with Crippen LogP contribution in [-0.2, 0) is 0 Å². The minimum absolute atomic E-state index is 0.00119. The number of piperidine rings is 1. The summed E-state index contributed by atoms with van der Waals surface area (Å²) in [6, 6.07) is 1.68. The number of hydrogen-bond acceptors (Lipinski definition) is 4. The molecule has 2 rings (SSSR count). The Hall–Kier alpha value is -1.56. The van der Waals surface area contributed by atoms with Gasteiger partial charge >= 0.3 is 0 Å². The fourth-order valence-corrected chi connectivity index (χ4v) is 2.20. The lowest BCUT2D eigenvalue weighted by atomic mass is 9.96. The minimum Gasteiger partial charge on any atom is -0.393 e. The van der Waals surface area contributed by atoms with E-state index in [2.05, 4.69) is 10.2 Å². The molecule has 1 fully saturated rings. The normalized spacial score (nSPS) is 16.8. The quantitative estimate of drug-likeness (QED) is 0.779. The minimum atomic E-state index is 0.00119. The van der Waals surface area contributed by atoms with Crippen molar-refractivity contribution >= 4 is 23.1 Å². The van der Waals surface area contributed by atoms with Gasteiger partial charge in [0.2, 0.25) is 0 Å². The molecule has 2 heterocycles. The van der Waals surface area contributed by atoms with Crippen molar-refractivity contribution in [3.63, 3.8) is 0 Å². The summed E-state index contributed by atoms with van der Waals surface area (Å²) in [6.45, 7) is 1.40. The number of nitrogens with zero attached hydrogens (tertiary/aromatic N) is 3. The summed E-state index contributed by atoms with van der Waals surface area (Å²) in [6.07, 6.45) is 4.70. The van der Waals surface area contributed by atoms with Crippen LogP contribution in [0.25, 0.3) is 0 Å². The van der Waals surface area contributed by atoms with Crippen LogP contribution in [0.2, 0.25) is 0 Å². The first-order chi connectivity index (χ1) is 8.18. The van der Waals surface area contributed by atoms with Crippen LogP contribution in [-0.4, -0.2) is 39.1 Å². The summed E-state index contributed by atoms with van der Waals surface area (Å²) in [4.78, 5) is 14.4. The van der Waals surface area contributed by atoms with Gasteiger partial charge in [0.25, 0.3) is 5.91 Å². The second-order valence-electron chi connectivity index (χ2n) is 4.10. The maximum Gasteiger partial charge on any atom is 0.255 e. The zero-order valence-electron chi connectivity index (χ0n) is 9.37. The maximum atomic E-state index is 12.1. The molecule has 90 valence electrons. The number of hydrogen-bond donors (Lipinski definition) is 1. The number of aromatic nitrogens is 2. The molecule has 1 aromatic rings. The molecule has 6 heteroatoms. The Morgan fingerprint density at radius 3 is 2.65 bits per heavy atom. The van der Waals surface area contributed by atoms with Crippen LogP contribution in [0.1, 0.15) is 23.2 Å². The Morgan fingerprint density at radius 2 is 2.12 bits per heavy atom. The van der Waals surface area contributed by atoms with Gasteiger partial charge in [0.1, 0.15) is 0 Å². The molecule has 0 unspecified atom stereocenters. The second-order valence-corrected chi connectivity index (χ2v) is 4.57. The van der Waals surface area contributed by atoms with Crippen LogP contribution >= 0.6 is 12.2 Å². The van der Waals surface area contributed by atoms with Gasteiger partial charge in [-0.25, -0.2) is 0 Å². The third-order valence-electron chi connectivity index (χ3n) is 3.02. The molecule has 0 saturated carbocycles. The van der Waals surface area contributed by atoms with E-state index in [4.69, 9.17) is 18.0 Å². The van der Waals surface area contributed by atoms with Crippen LogP contribution in [0.3, 0.4) is 0 Å². The topological polar surface area (TPSA) is 72.1 Å². The number of nitrogens with two attached hydrogens (primary N) is 1. The first kappa shape index (κ1) is 11.9. The van der Waals surface area contributed by atoms with Gasteiger partial charge in [-0.05, 0) is 18.9 Å². The highest BCUT2D eigenvalue weighted by Gasteiger charge is 2.24. The molecule has 2 N–H and O–H groups in total. The van der Waals surface area contributed by atoms with Crippen molar-refractivity contribution in [3.8, 4) is 0 Å². The van der Waals surface area contributed by atoms with Gasteiger partial charge in [-0.15, -0.1) is 0 Å². The van der Waals surface area contributed by atoms with Crippen LogP contribution in [0, 0.1) is 5.92 Å². The molecule has 5 nitrogen and oxygen atoms in total. The van der Waals surface area contributed by atoms with Gasteiger partial charge in [0.05, 0.1) is 22.9 Å². The van der Waals surface area contributed by atoms with Crippen molar-refractivity contribution in [3.05, 3.63) is 24.0 Å². The fraction of sp³-hybridized carbons (Fsp3) is 0.455. The number of carbonyl (C=O) groups is 1. The van der Waals surface area contributed by atoms with E-state index in [0.717, 1.165) is 12.8 Å². The van der Waals surface area contributed by atoms with Crippen molar-refractivity contribution < 1.29 is 4.79 Å².